The fourth-order valence-electron chi connectivity index (χ4n) is 2.59. The van der Waals surface area contributed by atoms with E-state index in [2.05, 4.69) is 12.1 Å². The van der Waals surface area contributed by atoms with Gasteiger partial charge in [-0.3, -0.25) is 0 Å². The van der Waals surface area contributed by atoms with Crippen LogP contribution in [0.5, 0.6) is 11.5 Å². The maximum atomic E-state index is 10.1. The summed E-state index contributed by atoms with van der Waals surface area (Å²) in [4.78, 5) is 0. The molecule has 19 heavy (non-hydrogen) atoms. The minimum atomic E-state index is 0.303. The third-order valence-corrected chi connectivity index (χ3v) is 3.54. The zero-order chi connectivity index (χ0) is 14.2. The number of benzene rings is 2. The average molecular weight is 256 g/mol. The molecule has 0 spiro atoms. The monoisotopic (exact) mass is 256 g/mol. The van der Waals surface area contributed by atoms with Gasteiger partial charge in [-0.25, -0.2) is 0 Å². The first-order chi connectivity index (χ1) is 8.88. The third-order valence-electron chi connectivity index (χ3n) is 3.54. The molecule has 0 aromatic heterocycles. The first kappa shape index (κ1) is 13.5. The molecule has 0 radical (unpaired) electrons. The lowest BCUT2D eigenvalue weighted by molar-refractivity contribution is 0.461. The van der Waals surface area contributed by atoms with Crippen LogP contribution in [0.3, 0.4) is 0 Å². The van der Waals surface area contributed by atoms with Crippen LogP contribution < -0.4 is 0 Å². The van der Waals surface area contributed by atoms with E-state index in [0.29, 0.717) is 17.9 Å². The second-order valence-electron chi connectivity index (χ2n) is 5.34. The molecule has 2 aromatic carbocycles. The Labute approximate surface area is 114 Å². The van der Waals surface area contributed by atoms with E-state index in [9.17, 15) is 10.2 Å². The Kier molecular flexibility index (Phi) is 3.52. The highest BCUT2D eigenvalue weighted by atomic mass is 16.3. The molecule has 2 heteroatoms. The Morgan fingerprint density at radius 3 is 1.37 bits per heavy atom. The molecule has 100 valence electrons. The van der Waals surface area contributed by atoms with Crippen molar-refractivity contribution in [2.24, 2.45) is 0 Å². The number of hydrogen-bond acceptors (Lipinski definition) is 2. The molecule has 0 atom stereocenters. The van der Waals surface area contributed by atoms with Gasteiger partial charge in [0.2, 0.25) is 0 Å². The highest BCUT2D eigenvalue weighted by molar-refractivity contribution is 5.50. The van der Waals surface area contributed by atoms with Crippen molar-refractivity contribution >= 4 is 0 Å². The summed E-state index contributed by atoms with van der Waals surface area (Å²) in [6.45, 7) is 7.90. The van der Waals surface area contributed by atoms with Crippen LogP contribution in [-0.4, -0.2) is 10.2 Å². The Balaban J connectivity index is 2.48. The molecule has 0 aliphatic carbocycles. The molecule has 2 nitrogen and oxygen atoms in total. The van der Waals surface area contributed by atoms with Gasteiger partial charge in [-0.1, -0.05) is 12.1 Å². The lowest BCUT2D eigenvalue weighted by Gasteiger charge is -2.14. The van der Waals surface area contributed by atoms with Crippen molar-refractivity contribution in [2.45, 2.75) is 34.1 Å². The quantitative estimate of drug-likeness (QED) is 0.855. The van der Waals surface area contributed by atoms with Crippen LogP contribution in [0.15, 0.2) is 24.3 Å². The molecule has 0 saturated heterocycles. The second-order valence-corrected chi connectivity index (χ2v) is 5.34. The van der Waals surface area contributed by atoms with E-state index in [4.69, 9.17) is 0 Å². The van der Waals surface area contributed by atoms with Crippen LogP contribution in [0.4, 0.5) is 0 Å². The maximum Gasteiger partial charge on any atom is 0.119 e. The minimum Gasteiger partial charge on any atom is -0.508 e. The largest absolute Gasteiger partial charge is 0.508 e. The number of aromatic hydroxyl groups is 2. The van der Waals surface area contributed by atoms with E-state index in [0.717, 1.165) is 33.4 Å². The summed E-state index contributed by atoms with van der Waals surface area (Å²) in [6.07, 6.45) is 0.551. The summed E-state index contributed by atoms with van der Waals surface area (Å²) < 4.78 is 0. The smallest absolute Gasteiger partial charge is 0.119 e. The van der Waals surface area contributed by atoms with Crippen LogP contribution in [0.25, 0.3) is 0 Å². The first-order valence-electron chi connectivity index (χ1n) is 6.46. The predicted molar refractivity (Wildman–Crippen MR) is 78.0 cm³/mol. The van der Waals surface area contributed by atoms with Crippen molar-refractivity contribution in [2.75, 3.05) is 0 Å². The number of phenolic OH excluding ortho intramolecular Hbond substituents is 2. The van der Waals surface area contributed by atoms with Gasteiger partial charge in [-0.2, -0.15) is 0 Å². The Hall–Kier alpha value is -1.96. The highest BCUT2D eigenvalue weighted by Crippen LogP contribution is 2.31. The van der Waals surface area contributed by atoms with Gasteiger partial charge in [0.25, 0.3) is 0 Å². The van der Waals surface area contributed by atoms with Gasteiger partial charge in [-0.15, -0.1) is 0 Å². The topological polar surface area (TPSA) is 40.5 Å². The molecular formula is C17H20O2. The zero-order valence-electron chi connectivity index (χ0n) is 11.9. The summed E-state index contributed by atoms with van der Waals surface area (Å²) in [5.41, 5.74) is 5.96. The van der Waals surface area contributed by atoms with Crippen molar-refractivity contribution in [3.63, 3.8) is 0 Å². The standard InChI is InChI=1S/C17H20O2/c1-10-5-12(3)14(16(18)7-10)9-15-13(4)6-11(2)8-17(15)19/h5-8,18-19H,9H2,1-4H3. The highest BCUT2D eigenvalue weighted by Gasteiger charge is 2.12. The number of rotatable bonds is 2. The molecule has 0 aliphatic rings. The van der Waals surface area contributed by atoms with E-state index < -0.39 is 0 Å². The molecule has 0 bridgehead atoms. The number of phenols is 2. The van der Waals surface area contributed by atoms with Gasteiger partial charge < -0.3 is 10.2 Å². The van der Waals surface area contributed by atoms with Gasteiger partial charge in [0.05, 0.1) is 0 Å². The number of hydrogen-bond donors (Lipinski definition) is 2. The normalized spacial score (nSPS) is 10.7. The van der Waals surface area contributed by atoms with Crippen molar-refractivity contribution in [1.82, 2.24) is 0 Å². The summed E-state index contributed by atoms with van der Waals surface area (Å²) in [7, 11) is 0. The van der Waals surface area contributed by atoms with Crippen molar-refractivity contribution in [1.29, 1.82) is 0 Å². The maximum absolute atomic E-state index is 10.1. The third kappa shape index (κ3) is 2.73. The SMILES string of the molecule is Cc1cc(C)c(Cc2c(C)cc(C)cc2O)c(O)c1. The van der Waals surface area contributed by atoms with Crippen molar-refractivity contribution < 1.29 is 10.2 Å². The van der Waals surface area contributed by atoms with E-state index in [1.807, 2.05) is 27.7 Å². The fourth-order valence-corrected chi connectivity index (χ4v) is 2.59. The van der Waals surface area contributed by atoms with Gasteiger partial charge in [0, 0.05) is 17.5 Å². The fraction of sp³-hybridized carbons (Fsp3) is 0.294. The molecule has 2 N–H and O–H groups in total. The van der Waals surface area contributed by atoms with Crippen LogP contribution in [0.1, 0.15) is 33.4 Å². The Bertz CT molecular complexity index is 526. The minimum absolute atomic E-state index is 0.303. The molecule has 0 amide bonds. The Morgan fingerprint density at radius 1 is 0.684 bits per heavy atom. The second kappa shape index (κ2) is 4.96. The molecule has 2 rings (SSSR count). The Morgan fingerprint density at radius 2 is 1.05 bits per heavy atom. The zero-order valence-corrected chi connectivity index (χ0v) is 11.9. The first-order valence-corrected chi connectivity index (χ1v) is 6.46. The number of aryl methyl sites for hydroxylation is 4. The average Bonchev–Trinajstić information content (AvgIpc) is 2.25. The molecule has 2 aromatic rings. The molecule has 0 heterocycles. The lowest BCUT2D eigenvalue weighted by Crippen LogP contribution is -1.97. The van der Waals surface area contributed by atoms with Crippen LogP contribution in [-0.2, 0) is 6.42 Å². The van der Waals surface area contributed by atoms with E-state index in [1.54, 1.807) is 12.1 Å². The molecule has 0 unspecified atom stereocenters. The van der Waals surface area contributed by atoms with Gasteiger partial charge in [0.1, 0.15) is 11.5 Å². The van der Waals surface area contributed by atoms with Crippen LogP contribution in [0.2, 0.25) is 0 Å². The summed E-state index contributed by atoms with van der Waals surface area (Å²) in [5, 5.41) is 20.2. The van der Waals surface area contributed by atoms with Gasteiger partial charge >= 0.3 is 0 Å². The van der Waals surface area contributed by atoms with E-state index >= 15 is 0 Å². The van der Waals surface area contributed by atoms with Crippen molar-refractivity contribution in [3.8, 4) is 11.5 Å². The van der Waals surface area contributed by atoms with Crippen LogP contribution >= 0.6 is 0 Å². The molecule has 0 saturated carbocycles. The van der Waals surface area contributed by atoms with Crippen molar-refractivity contribution in [3.05, 3.63) is 57.6 Å². The van der Waals surface area contributed by atoms with Gasteiger partial charge in [0.15, 0.2) is 0 Å². The molecule has 0 aliphatic heterocycles. The van der Waals surface area contributed by atoms with Gasteiger partial charge in [-0.05, 0) is 62.1 Å². The van der Waals surface area contributed by atoms with E-state index in [-0.39, 0.29) is 0 Å². The molecular weight excluding hydrogens is 236 g/mol. The summed E-state index contributed by atoms with van der Waals surface area (Å²) >= 11 is 0. The van der Waals surface area contributed by atoms with E-state index in [1.165, 1.54) is 0 Å². The predicted octanol–water partition coefficient (Wildman–Crippen LogP) is 3.92. The summed E-state index contributed by atoms with van der Waals surface area (Å²) in [5.74, 6) is 0.605. The molecule has 0 fully saturated rings. The summed E-state index contributed by atoms with van der Waals surface area (Å²) in [6, 6.07) is 7.64. The van der Waals surface area contributed by atoms with Crippen LogP contribution in [0, 0.1) is 27.7 Å². The lowest BCUT2D eigenvalue weighted by atomic mass is 9.94.